The molecule has 34 heavy (non-hydrogen) atoms. The Balaban J connectivity index is 1.46. The molecule has 1 aromatic carbocycles. The summed E-state index contributed by atoms with van der Waals surface area (Å²) in [4.78, 5) is 41.6. The van der Waals surface area contributed by atoms with Gasteiger partial charge in [0.05, 0.1) is 20.2 Å². The smallest absolute Gasteiger partial charge is 0.414 e. The van der Waals surface area contributed by atoms with E-state index >= 15 is 0 Å². The Kier molecular flexibility index (Phi) is 8.11. The molecule has 0 radical (unpaired) electrons. The molecule has 2 saturated heterocycles. The highest BCUT2D eigenvalue weighted by molar-refractivity contribution is 6.04. The number of carbonyl (C=O) groups excluding carboxylic acids is 3. The normalized spacial score (nSPS) is 19.5. The number of benzene rings is 1. The maximum atomic E-state index is 12.4. The zero-order chi connectivity index (χ0) is 24.9. The van der Waals surface area contributed by atoms with Gasteiger partial charge in [-0.3, -0.25) is 30.2 Å². The molecule has 0 aliphatic carbocycles. The van der Waals surface area contributed by atoms with Crippen molar-refractivity contribution < 1.29 is 28.6 Å². The van der Waals surface area contributed by atoms with Crippen LogP contribution in [0.15, 0.2) is 24.3 Å². The number of anilines is 1. The minimum Gasteiger partial charge on any atom is -0.459 e. The zero-order valence-electron chi connectivity index (χ0n) is 20.1. The molecule has 2 heterocycles. The van der Waals surface area contributed by atoms with E-state index in [9.17, 15) is 14.4 Å². The zero-order valence-corrected chi connectivity index (χ0v) is 20.1. The molecule has 2 fully saturated rings. The summed E-state index contributed by atoms with van der Waals surface area (Å²) >= 11 is 0. The standard InChI is InChI=1S/C23H33N5O6/c1-23(2,3)34-19(29)15-27-11-9-26(10-12-27)13-18-14-28(22(31)33-18)17-7-5-16(6-8-17)20(24)25-21(30)32-4/h5-8,18H,9-15H2,1-4H3,(H2,24,25,30)/t18-/m0/s1. The lowest BCUT2D eigenvalue weighted by Crippen LogP contribution is -2.50. The molecule has 0 unspecified atom stereocenters. The van der Waals surface area contributed by atoms with E-state index in [0.29, 0.717) is 24.3 Å². The Morgan fingerprint density at radius 3 is 2.32 bits per heavy atom. The van der Waals surface area contributed by atoms with Gasteiger partial charge in [-0.1, -0.05) is 0 Å². The van der Waals surface area contributed by atoms with Crippen LogP contribution in [0.5, 0.6) is 0 Å². The van der Waals surface area contributed by atoms with Gasteiger partial charge in [-0.2, -0.15) is 0 Å². The molecule has 2 aliphatic heterocycles. The number of carbonyl (C=O) groups is 3. The Labute approximate surface area is 199 Å². The Hall–Kier alpha value is -3.18. The van der Waals surface area contributed by atoms with Crippen LogP contribution < -0.4 is 10.2 Å². The molecule has 11 heteroatoms. The SMILES string of the molecule is COC(=O)NC(=N)c1ccc(N2C[C@H](CN3CCN(CC(=O)OC(C)(C)C)CC3)OC2=O)cc1. The molecular formula is C23H33N5O6. The number of nitrogens with one attached hydrogen (secondary N) is 2. The summed E-state index contributed by atoms with van der Waals surface area (Å²) in [6.45, 7) is 9.95. The molecule has 3 rings (SSSR count). The van der Waals surface area contributed by atoms with Crippen molar-refractivity contribution in [2.75, 3.05) is 57.8 Å². The van der Waals surface area contributed by atoms with Gasteiger partial charge < -0.3 is 14.2 Å². The van der Waals surface area contributed by atoms with Crippen LogP contribution in [0.4, 0.5) is 15.3 Å². The number of cyclic esters (lactones) is 1. The fourth-order valence-corrected chi connectivity index (χ4v) is 3.84. The van der Waals surface area contributed by atoms with Crippen molar-refractivity contribution in [1.82, 2.24) is 15.1 Å². The van der Waals surface area contributed by atoms with Crippen LogP contribution in [-0.2, 0) is 19.0 Å². The van der Waals surface area contributed by atoms with Gasteiger partial charge in [0.2, 0.25) is 0 Å². The maximum Gasteiger partial charge on any atom is 0.414 e. The first kappa shape index (κ1) is 25.4. The van der Waals surface area contributed by atoms with Gasteiger partial charge in [0.15, 0.2) is 0 Å². The number of methoxy groups -OCH3 is 1. The number of ether oxygens (including phenoxy) is 3. The van der Waals surface area contributed by atoms with Gasteiger partial charge in [-0.15, -0.1) is 0 Å². The summed E-state index contributed by atoms with van der Waals surface area (Å²) in [5.41, 5.74) is 0.658. The molecule has 0 saturated carbocycles. The quantitative estimate of drug-likeness (QED) is 0.275. The lowest BCUT2D eigenvalue weighted by molar-refractivity contribution is -0.156. The Bertz CT molecular complexity index is 905. The molecule has 0 aromatic heterocycles. The van der Waals surface area contributed by atoms with Crippen LogP contribution in [0.2, 0.25) is 0 Å². The number of rotatable bonds is 6. The van der Waals surface area contributed by atoms with Gasteiger partial charge >= 0.3 is 18.2 Å². The molecule has 2 aliphatic rings. The average Bonchev–Trinajstić information content (AvgIpc) is 3.13. The van der Waals surface area contributed by atoms with E-state index in [0.717, 1.165) is 26.2 Å². The minimum atomic E-state index is -0.717. The van der Waals surface area contributed by atoms with Crippen LogP contribution in [0, 0.1) is 5.41 Å². The highest BCUT2D eigenvalue weighted by Crippen LogP contribution is 2.23. The van der Waals surface area contributed by atoms with Crippen LogP contribution in [0.25, 0.3) is 0 Å². The van der Waals surface area contributed by atoms with Crippen molar-refractivity contribution in [2.24, 2.45) is 0 Å². The summed E-state index contributed by atoms with van der Waals surface area (Å²) < 4.78 is 15.4. The second-order valence-corrected chi connectivity index (χ2v) is 9.32. The Morgan fingerprint density at radius 2 is 1.74 bits per heavy atom. The third-order valence-corrected chi connectivity index (χ3v) is 5.45. The number of esters is 1. The summed E-state index contributed by atoms with van der Waals surface area (Å²) in [6, 6.07) is 6.72. The predicted octanol–water partition coefficient (Wildman–Crippen LogP) is 1.65. The largest absolute Gasteiger partial charge is 0.459 e. The van der Waals surface area contributed by atoms with E-state index in [1.54, 1.807) is 29.2 Å². The molecule has 0 spiro atoms. The number of amides is 2. The fraction of sp³-hybridized carbons (Fsp3) is 0.565. The molecule has 186 valence electrons. The van der Waals surface area contributed by atoms with E-state index in [2.05, 4.69) is 19.9 Å². The summed E-state index contributed by atoms with van der Waals surface area (Å²) in [7, 11) is 1.23. The molecule has 2 N–H and O–H groups in total. The molecule has 11 nitrogen and oxygen atoms in total. The highest BCUT2D eigenvalue weighted by atomic mass is 16.6. The monoisotopic (exact) mass is 475 g/mol. The number of alkyl carbamates (subject to hydrolysis) is 1. The van der Waals surface area contributed by atoms with Gasteiger partial charge in [0.1, 0.15) is 17.5 Å². The molecular weight excluding hydrogens is 442 g/mol. The van der Waals surface area contributed by atoms with Crippen molar-refractivity contribution in [2.45, 2.75) is 32.5 Å². The lowest BCUT2D eigenvalue weighted by atomic mass is 10.1. The number of hydrogen-bond donors (Lipinski definition) is 2. The van der Waals surface area contributed by atoms with E-state index in [1.165, 1.54) is 7.11 Å². The minimum absolute atomic E-state index is 0.0916. The Morgan fingerprint density at radius 1 is 1.12 bits per heavy atom. The summed E-state index contributed by atoms with van der Waals surface area (Å²) in [6.07, 6.45) is -1.39. The molecule has 0 bridgehead atoms. The van der Waals surface area contributed by atoms with Crippen molar-refractivity contribution >= 4 is 29.7 Å². The summed E-state index contributed by atoms with van der Waals surface area (Å²) in [5, 5.41) is 10.2. The van der Waals surface area contributed by atoms with Crippen molar-refractivity contribution in [3.8, 4) is 0 Å². The summed E-state index contributed by atoms with van der Waals surface area (Å²) in [5.74, 6) is -0.311. The first-order chi connectivity index (χ1) is 16.0. The third-order valence-electron chi connectivity index (χ3n) is 5.45. The fourth-order valence-electron chi connectivity index (χ4n) is 3.84. The van der Waals surface area contributed by atoms with E-state index in [4.69, 9.17) is 14.9 Å². The predicted molar refractivity (Wildman–Crippen MR) is 125 cm³/mol. The molecule has 1 atom stereocenters. The second-order valence-electron chi connectivity index (χ2n) is 9.32. The highest BCUT2D eigenvalue weighted by Gasteiger charge is 2.34. The van der Waals surface area contributed by atoms with E-state index < -0.39 is 17.8 Å². The topological polar surface area (TPSA) is 124 Å². The van der Waals surface area contributed by atoms with Crippen LogP contribution in [0.1, 0.15) is 26.3 Å². The van der Waals surface area contributed by atoms with Crippen LogP contribution in [0.3, 0.4) is 0 Å². The van der Waals surface area contributed by atoms with Crippen molar-refractivity contribution in [3.63, 3.8) is 0 Å². The maximum absolute atomic E-state index is 12.4. The number of hydrogen-bond acceptors (Lipinski definition) is 9. The second kappa shape index (κ2) is 10.8. The van der Waals surface area contributed by atoms with Gasteiger partial charge in [0, 0.05) is 44.0 Å². The first-order valence-electron chi connectivity index (χ1n) is 11.2. The number of nitrogens with zero attached hydrogens (tertiary/aromatic N) is 3. The van der Waals surface area contributed by atoms with E-state index in [-0.39, 0.29) is 24.5 Å². The van der Waals surface area contributed by atoms with E-state index in [1.807, 2.05) is 20.8 Å². The third kappa shape index (κ3) is 7.16. The molecule has 2 amide bonds. The van der Waals surface area contributed by atoms with Gasteiger partial charge in [0.25, 0.3) is 0 Å². The van der Waals surface area contributed by atoms with Crippen molar-refractivity contribution in [3.05, 3.63) is 29.8 Å². The van der Waals surface area contributed by atoms with Gasteiger partial charge in [-0.05, 0) is 45.0 Å². The van der Waals surface area contributed by atoms with Gasteiger partial charge in [-0.25, -0.2) is 9.59 Å². The van der Waals surface area contributed by atoms with Crippen molar-refractivity contribution in [1.29, 1.82) is 5.41 Å². The van der Waals surface area contributed by atoms with Crippen LogP contribution >= 0.6 is 0 Å². The first-order valence-corrected chi connectivity index (χ1v) is 11.2. The average molecular weight is 476 g/mol. The van der Waals surface area contributed by atoms with Crippen LogP contribution in [-0.4, -0.2) is 98.4 Å². The molecule has 1 aromatic rings. The number of piperazine rings is 1. The number of amidine groups is 1. The lowest BCUT2D eigenvalue weighted by Gasteiger charge is -2.35.